The molecule has 0 unspecified atom stereocenters. The first-order chi connectivity index (χ1) is 14.5. The third-order valence-electron chi connectivity index (χ3n) is 5.21. The van der Waals surface area contributed by atoms with E-state index in [2.05, 4.69) is 37.1 Å². The van der Waals surface area contributed by atoms with Crippen LogP contribution in [-0.4, -0.2) is 33.3 Å². The summed E-state index contributed by atoms with van der Waals surface area (Å²) < 4.78 is 38.9. The molecule has 7 nitrogen and oxygen atoms in total. The van der Waals surface area contributed by atoms with Crippen LogP contribution in [0.5, 0.6) is 0 Å². The minimum atomic E-state index is -3.71. The number of para-hydroxylation sites is 1. The molecule has 0 bridgehead atoms. The van der Waals surface area contributed by atoms with Gasteiger partial charge in [-0.2, -0.15) is 8.75 Å². The molecule has 0 aliphatic heterocycles. The summed E-state index contributed by atoms with van der Waals surface area (Å²) in [5.74, 6) is 0. The van der Waals surface area contributed by atoms with Gasteiger partial charge < -0.3 is 4.57 Å². The van der Waals surface area contributed by atoms with E-state index in [4.69, 9.17) is 4.98 Å². The first-order valence-corrected chi connectivity index (χ1v) is 11.7. The van der Waals surface area contributed by atoms with Crippen LogP contribution in [0.1, 0.15) is 11.3 Å². The molecule has 0 spiro atoms. The highest BCUT2D eigenvalue weighted by Crippen LogP contribution is 2.30. The lowest BCUT2D eigenvalue weighted by molar-refractivity contribution is 0.576. The molecule has 0 radical (unpaired) electrons. The third-order valence-corrected chi connectivity index (χ3v) is 7.25. The van der Waals surface area contributed by atoms with Crippen LogP contribution >= 0.6 is 11.7 Å². The standard InChI is InChI=1S/C21H19N5O2S2/c1-13-12-14(2)23-21-19(13)15-6-3-4-8-17(15)26(21)11-10-22-30(27,28)18-9-5-7-16-20(18)25-29-24-16/h3-9,12,22H,10-11H2,1-2H3. The molecule has 5 aromatic rings. The zero-order valence-corrected chi connectivity index (χ0v) is 18.1. The molecule has 9 heteroatoms. The third kappa shape index (κ3) is 3.06. The van der Waals surface area contributed by atoms with Gasteiger partial charge in [0.2, 0.25) is 10.0 Å². The molecule has 3 heterocycles. The van der Waals surface area contributed by atoms with E-state index < -0.39 is 10.0 Å². The average Bonchev–Trinajstić information content (AvgIpc) is 3.31. The number of nitrogens with one attached hydrogen (secondary N) is 1. The summed E-state index contributed by atoms with van der Waals surface area (Å²) in [6, 6.07) is 15.2. The van der Waals surface area contributed by atoms with Crippen molar-refractivity contribution in [1.29, 1.82) is 0 Å². The zero-order valence-electron chi connectivity index (χ0n) is 16.5. The normalized spacial score (nSPS) is 12.3. The average molecular weight is 438 g/mol. The van der Waals surface area contributed by atoms with Crippen molar-refractivity contribution in [3.8, 4) is 0 Å². The number of rotatable bonds is 5. The predicted molar refractivity (Wildman–Crippen MR) is 119 cm³/mol. The maximum atomic E-state index is 12.9. The molecule has 0 atom stereocenters. The summed E-state index contributed by atoms with van der Waals surface area (Å²) in [4.78, 5) is 4.90. The zero-order chi connectivity index (χ0) is 20.9. The molecule has 2 aromatic carbocycles. The lowest BCUT2D eigenvalue weighted by atomic mass is 10.1. The van der Waals surface area contributed by atoms with Crippen LogP contribution in [0.3, 0.4) is 0 Å². The number of hydrogen-bond acceptors (Lipinski definition) is 6. The number of aromatic nitrogens is 4. The summed E-state index contributed by atoms with van der Waals surface area (Å²) in [6.45, 7) is 4.75. The van der Waals surface area contributed by atoms with Crippen molar-refractivity contribution in [1.82, 2.24) is 23.0 Å². The number of aryl methyl sites for hydroxylation is 2. The monoisotopic (exact) mass is 437 g/mol. The predicted octanol–water partition coefficient (Wildman–Crippen LogP) is 3.79. The number of benzene rings is 2. The van der Waals surface area contributed by atoms with Crippen molar-refractivity contribution in [2.75, 3.05) is 6.54 Å². The largest absolute Gasteiger partial charge is 0.324 e. The topological polar surface area (TPSA) is 89.8 Å². The Kier molecular flexibility index (Phi) is 4.53. The number of nitrogens with zero attached hydrogens (tertiary/aromatic N) is 4. The molecule has 0 saturated carbocycles. The van der Waals surface area contributed by atoms with Crippen LogP contribution in [0.15, 0.2) is 53.4 Å². The second-order valence-corrected chi connectivity index (χ2v) is 9.50. The van der Waals surface area contributed by atoms with E-state index >= 15 is 0 Å². The van der Waals surface area contributed by atoms with Crippen LogP contribution in [-0.2, 0) is 16.6 Å². The summed E-state index contributed by atoms with van der Waals surface area (Å²) in [5, 5.41) is 2.23. The lowest BCUT2D eigenvalue weighted by Gasteiger charge is -2.10. The SMILES string of the molecule is Cc1cc(C)c2c3ccccc3n(CCNS(=O)(=O)c3cccc4nsnc34)c2n1. The minimum Gasteiger partial charge on any atom is -0.324 e. The number of hydrogen-bond donors (Lipinski definition) is 1. The quantitative estimate of drug-likeness (QED) is 0.452. The fourth-order valence-corrected chi connectivity index (χ4v) is 5.76. The van der Waals surface area contributed by atoms with E-state index in [0.29, 0.717) is 17.6 Å². The van der Waals surface area contributed by atoms with Gasteiger partial charge in [0.25, 0.3) is 0 Å². The molecule has 1 N–H and O–H groups in total. The smallest absolute Gasteiger partial charge is 0.242 e. The molecule has 152 valence electrons. The van der Waals surface area contributed by atoms with Crippen molar-refractivity contribution in [2.45, 2.75) is 25.3 Å². The van der Waals surface area contributed by atoms with Gasteiger partial charge in [-0.1, -0.05) is 24.3 Å². The molecule has 0 aliphatic rings. The maximum absolute atomic E-state index is 12.9. The van der Waals surface area contributed by atoms with Gasteiger partial charge in [-0.3, -0.25) is 0 Å². The Morgan fingerprint density at radius 3 is 2.77 bits per heavy atom. The highest BCUT2D eigenvalue weighted by Gasteiger charge is 2.20. The molecular formula is C21H19N5O2S2. The molecule has 0 fully saturated rings. The van der Waals surface area contributed by atoms with Crippen molar-refractivity contribution in [2.24, 2.45) is 0 Å². The summed E-state index contributed by atoms with van der Waals surface area (Å²) in [5.41, 5.74) is 5.00. The Morgan fingerprint density at radius 2 is 1.90 bits per heavy atom. The van der Waals surface area contributed by atoms with Gasteiger partial charge in [-0.25, -0.2) is 18.1 Å². The van der Waals surface area contributed by atoms with Crippen molar-refractivity contribution in [3.05, 3.63) is 59.8 Å². The van der Waals surface area contributed by atoms with Crippen LogP contribution < -0.4 is 4.72 Å². The molecule has 0 amide bonds. The van der Waals surface area contributed by atoms with Crippen molar-refractivity contribution in [3.63, 3.8) is 0 Å². The van der Waals surface area contributed by atoms with Gasteiger partial charge >= 0.3 is 0 Å². The molecule has 0 aliphatic carbocycles. The molecule has 3 aromatic heterocycles. The minimum absolute atomic E-state index is 0.154. The Hall–Kier alpha value is -2.88. The van der Waals surface area contributed by atoms with Crippen molar-refractivity contribution >= 4 is 54.7 Å². The second-order valence-electron chi connectivity index (χ2n) is 7.23. The molecule has 0 saturated heterocycles. The summed E-state index contributed by atoms with van der Waals surface area (Å²) >= 11 is 1.01. The van der Waals surface area contributed by atoms with Gasteiger partial charge in [0.05, 0.1) is 17.2 Å². The fourth-order valence-electron chi connectivity index (χ4n) is 3.97. The Balaban J connectivity index is 1.50. The number of pyridine rings is 1. The van der Waals surface area contributed by atoms with E-state index in [0.717, 1.165) is 44.9 Å². The Morgan fingerprint density at radius 1 is 1.07 bits per heavy atom. The lowest BCUT2D eigenvalue weighted by Crippen LogP contribution is -2.27. The first-order valence-electron chi connectivity index (χ1n) is 9.52. The highest BCUT2D eigenvalue weighted by molar-refractivity contribution is 7.89. The Bertz CT molecular complexity index is 1520. The van der Waals surface area contributed by atoms with Crippen molar-refractivity contribution < 1.29 is 8.42 Å². The van der Waals surface area contributed by atoms with Crippen LogP contribution in [0, 0.1) is 13.8 Å². The summed E-state index contributed by atoms with van der Waals surface area (Å²) in [6.07, 6.45) is 0. The van der Waals surface area contributed by atoms with Gasteiger partial charge in [-0.05, 0) is 43.7 Å². The van der Waals surface area contributed by atoms with Crippen LogP contribution in [0.4, 0.5) is 0 Å². The van der Waals surface area contributed by atoms with Crippen LogP contribution in [0.25, 0.3) is 33.0 Å². The highest BCUT2D eigenvalue weighted by atomic mass is 32.2. The molecule has 5 rings (SSSR count). The fraction of sp³-hybridized carbons (Fsp3) is 0.190. The first kappa shape index (κ1) is 19.1. The molecular weight excluding hydrogens is 418 g/mol. The van der Waals surface area contributed by atoms with Gasteiger partial charge in [0, 0.05) is 29.6 Å². The van der Waals surface area contributed by atoms with E-state index in [1.54, 1.807) is 18.2 Å². The van der Waals surface area contributed by atoms with Gasteiger partial charge in [0.1, 0.15) is 21.6 Å². The van der Waals surface area contributed by atoms with E-state index in [1.165, 1.54) is 0 Å². The van der Waals surface area contributed by atoms with E-state index in [9.17, 15) is 8.42 Å². The Labute approximate surface area is 177 Å². The van der Waals surface area contributed by atoms with E-state index in [-0.39, 0.29) is 11.4 Å². The van der Waals surface area contributed by atoms with Gasteiger partial charge in [-0.15, -0.1) is 0 Å². The maximum Gasteiger partial charge on any atom is 0.242 e. The number of sulfonamides is 1. The summed E-state index contributed by atoms with van der Waals surface area (Å²) in [7, 11) is -3.71. The van der Waals surface area contributed by atoms with Gasteiger partial charge in [0.15, 0.2) is 0 Å². The second kappa shape index (κ2) is 7.12. The van der Waals surface area contributed by atoms with E-state index in [1.807, 2.05) is 25.1 Å². The van der Waals surface area contributed by atoms with Crippen LogP contribution in [0.2, 0.25) is 0 Å². The molecule has 30 heavy (non-hydrogen) atoms. The number of fused-ring (bicyclic) bond motifs is 4.